The first-order valence-corrected chi connectivity index (χ1v) is 9.13. The molecule has 1 aromatic rings. The monoisotopic (exact) mass is 383 g/mol. The minimum atomic E-state index is -3.70. The molecule has 0 saturated carbocycles. The van der Waals surface area contributed by atoms with E-state index in [0.717, 1.165) is 0 Å². The summed E-state index contributed by atoms with van der Waals surface area (Å²) in [7, 11) is -3.70. The molecule has 0 radical (unpaired) electrons. The van der Waals surface area contributed by atoms with Crippen molar-refractivity contribution in [2.45, 2.75) is 32.4 Å². The summed E-state index contributed by atoms with van der Waals surface area (Å²) in [6, 6.07) is 1.31. The second-order valence-corrected chi connectivity index (χ2v) is 7.16. The van der Waals surface area contributed by atoms with Gasteiger partial charge in [-0.1, -0.05) is 50.5 Å². The van der Waals surface area contributed by atoms with Crippen molar-refractivity contribution in [2.75, 3.05) is 0 Å². The number of nitrogens with two attached hydrogens (primary N) is 1. The topological polar surface area (TPSA) is 78.0 Å². The molecule has 2 rings (SSSR count). The van der Waals surface area contributed by atoms with E-state index < -0.39 is 21.7 Å². The van der Waals surface area contributed by atoms with Gasteiger partial charge in [0.05, 0.1) is 16.6 Å². The van der Waals surface area contributed by atoms with Gasteiger partial charge in [-0.2, -0.15) is 5.10 Å². The first-order valence-electron chi connectivity index (χ1n) is 7.52. The van der Waals surface area contributed by atoms with Crippen LogP contribution >= 0.6 is 0 Å². The lowest BCUT2D eigenvalue weighted by atomic mass is 10.1. The fourth-order valence-electron chi connectivity index (χ4n) is 2.43. The molecule has 1 aliphatic rings. The zero-order chi connectivity index (χ0) is 18.6. The fourth-order valence-corrected chi connectivity index (χ4v) is 3.09. The number of hydrogen-bond donors (Lipinski definition) is 1. The minimum absolute atomic E-state index is 0. The van der Waals surface area contributed by atoms with Gasteiger partial charge in [0.25, 0.3) is 6.43 Å². The van der Waals surface area contributed by atoms with Gasteiger partial charge in [0.2, 0.25) is 10.0 Å². The normalized spacial score (nSPS) is 18.1. The number of hydrogen-bond acceptors (Lipinski definition) is 3. The summed E-state index contributed by atoms with van der Waals surface area (Å²) < 4.78 is 50.4. The lowest BCUT2D eigenvalue weighted by Crippen LogP contribution is -2.27. The maximum Gasteiger partial charge on any atom is 0.282 e. The van der Waals surface area contributed by atoms with Crippen LogP contribution in [0.4, 0.5) is 8.78 Å². The van der Waals surface area contributed by atoms with E-state index in [1.165, 1.54) is 22.9 Å². The summed E-state index contributed by atoms with van der Waals surface area (Å²) in [5.41, 5.74) is 1.25. The van der Waals surface area contributed by atoms with Gasteiger partial charge in [-0.15, -0.1) is 0 Å². The highest BCUT2D eigenvalue weighted by Crippen LogP contribution is 2.28. The Hall–Kier alpha value is -2.32. The number of rotatable bonds is 6. The summed E-state index contributed by atoms with van der Waals surface area (Å²) in [6.07, 6.45) is 8.76. The summed E-state index contributed by atoms with van der Waals surface area (Å²) in [4.78, 5) is 0. The number of sulfonamides is 1. The molecule has 1 unspecified atom stereocenters. The number of aromatic nitrogens is 2. The predicted molar refractivity (Wildman–Crippen MR) is 102 cm³/mol. The Morgan fingerprint density at radius 2 is 2.19 bits per heavy atom. The average Bonchev–Trinajstić information content (AvgIpc) is 2.99. The fraction of sp³-hybridized carbons (Fsp3) is 0.278. The van der Waals surface area contributed by atoms with Crippen LogP contribution < -0.4 is 5.14 Å². The summed E-state index contributed by atoms with van der Waals surface area (Å²) in [5.74, 6) is 0. The van der Waals surface area contributed by atoms with Crippen LogP contribution in [-0.2, 0) is 10.0 Å². The molecule has 0 fully saturated rings. The summed E-state index contributed by atoms with van der Waals surface area (Å²) in [5, 5.41) is 8.27. The van der Waals surface area contributed by atoms with Gasteiger partial charge in [0.1, 0.15) is 5.69 Å². The van der Waals surface area contributed by atoms with Crippen molar-refractivity contribution in [3.63, 3.8) is 0 Å². The molecule has 2 N–H and O–H groups in total. The number of primary sulfonamides is 1. The maximum atomic E-state index is 13.1. The molecule has 0 bridgehead atoms. The Balaban J connectivity index is 0.00000338. The lowest BCUT2D eigenvalue weighted by Gasteiger charge is -2.16. The van der Waals surface area contributed by atoms with Crippen LogP contribution in [-0.4, -0.2) is 23.4 Å². The van der Waals surface area contributed by atoms with Crippen molar-refractivity contribution in [2.24, 2.45) is 5.14 Å². The number of halogens is 2. The molecule has 1 atom stereocenters. The molecule has 8 heteroatoms. The Morgan fingerprint density at radius 3 is 2.65 bits per heavy atom. The molecule has 0 spiro atoms. The molecule has 0 aromatic carbocycles. The Kier molecular flexibility index (Phi) is 7.41. The highest BCUT2D eigenvalue weighted by Gasteiger charge is 2.23. The van der Waals surface area contributed by atoms with Crippen LogP contribution in [0.2, 0.25) is 0 Å². The number of nitrogens with zero attached hydrogens (tertiary/aromatic N) is 2. The van der Waals surface area contributed by atoms with E-state index in [2.05, 4.69) is 11.7 Å². The first-order chi connectivity index (χ1) is 11.8. The SMILES string of the molecule is C.C=C/C=C(\C=C/C)c1cc(C(F)F)nn1C1=CCC(S(N)(=O)=O)C=C1. The van der Waals surface area contributed by atoms with E-state index in [1.54, 1.807) is 30.4 Å². The molecule has 1 heterocycles. The van der Waals surface area contributed by atoms with Gasteiger partial charge in [-0.3, -0.25) is 0 Å². The average molecular weight is 383 g/mol. The van der Waals surface area contributed by atoms with Crippen LogP contribution in [0.1, 0.15) is 38.6 Å². The van der Waals surface area contributed by atoms with Crippen LogP contribution in [0, 0.1) is 0 Å². The third kappa shape index (κ3) is 4.86. The van der Waals surface area contributed by atoms with E-state index in [0.29, 0.717) is 17.0 Å². The van der Waals surface area contributed by atoms with E-state index in [9.17, 15) is 17.2 Å². The largest absolute Gasteiger partial charge is 0.282 e. The van der Waals surface area contributed by atoms with E-state index in [1.807, 2.05) is 6.92 Å². The Morgan fingerprint density at radius 1 is 1.50 bits per heavy atom. The molecule has 0 saturated heterocycles. The zero-order valence-corrected chi connectivity index (χ0v) is 14.5. The van der Waals surface area contributed by atoms with Gasteiger partial charge in [-0.05, 0) is 31.1 Å². The third-order valence-corrected chi connectivity index (χ3v) is 4.79. The van der Waals surface area contributed by atoms with Crippen molar-refractivity contribution in [3.8, 4) is 0 Å². The second kappa shape index (κ2) is 8.86. The summed E-state index contributed by atoms with van der Waals surface area (Å²) in [6.45, 7) is 5.44. The van der Waals surface area contributed by atoms with Crippen molar-refractivity contribution in [1.29, 1.82) is 0 Å². The van der Waals surface area contributed by atoms with Crippen molar-refractivity contribution in [3.05, 3.63) is 66.6 Å². The highest BCUT2D eigenvalue weighted by molar-refractivity contribution is 7.89. The molecule has 0 aliphatic heterocycles. The molecule has 1 aromatic heterocycles. The smallest absolute Gasteiger partial charge is 0.233 e. The number of allylic oxidation sites excluding steroid dienone is 8. The predicted octanol–water partition coefficient (Wildman–Crippen LogP) is 4.06. The molecule has 5 nitrogen and oxygen atoms in total. The maximum absolute atomic E-state index is 13.1. The molecule has 1 aliphatic carbocycles. The van der Waals surface area contributed by atoms with Crippen LogP contribution in [0.3, 0.4) is 0 Å². The minimum Gasteiger partial charge on any atom is -0.233 e. The molecule has 142 valence electrons. The van der Waals surface area contributed by atoms with Crippen LogP contribution in [0.15, 0.2) is 55.2 Å². The molecular formula is C18H23F2N3O2S. The van der Waals surface area contributed by atoms with Crippen molar-refractivity contribution < 1.29 is 17.2 Å². The Bertz CT molecular complexity index is 878. The third-order valence-electron chi connectivity index (χ3n) is 3.60. The lowest BCUT2D eigenvalue weighted by molar-refractivity contribution is 0.145. The molecule has 0 amide bonds. The van der Waals surface area contributed by atoms with Crippen molar-refractivity contribution >= 4 is 21.3 Å². The van der Waals surface area contributed by atoms with Crippen LogP contribution in [0.25, 0.3) is 11.3 Å². The van der Waals surface area contributed by atoms with Gasteiger partial charge < -0.3 is 0 Å². The standard InChI is InChI=1S/C17H19F2N3O2S.CH4/c1-3-5-12(6-4-2)16-11-15(17(18)19)21-22(16)13-7-9-14(10-8-13)25(20,23)24;/h3-9,11,14,17H,1,10H2,2H3,(H2,20,23,24);1H4/b6-4-,12-5+;. The molecular weight excluding hydrogens is 360 g/mol. The van der Waals surface area contributed by atoms with Crippen molar-refractivity contribution in [1.82, 2.24) is 9.78 Å². The van der Waals surface area contributed by atoms with Gasteiger partial charge >= 0.3 is 0 Å². The van der Waals surface area contributed by atoms with E-state index >= 15 is 0 Å². The quantitative estimate of drug-likeness (QED) is 0.753. The second-order valence-electron chi connectivity index (χ2n) is 5.38. The van der Waals surface area contributed by atoms with E-state index in [4.69, 9.17) is 5.14 Å². The molecule has 26 heavy (non-hydrogen) atoms. The van der Waals surface area contributed by atoms with Gasteiger partial charge in [-0.25, -0.2) is 27.0 Å². The Labute approximate surface area is 152 Å². The summed E-state index contributed by atoms with van der Waals surface area (Å²) >= 11 is 0. The van der Waals surface area contributed by atoms with Gasteiger partial charge in [0, 0.05) is 0 Å². The highest BCUT2D eigenvalue weighted by atomic mass is 32.2. The van der Waals surface area contributed by atoms with Gasteiger partial charge in [0.15, 0.2) is 0 Å². The van der Waals surface area contributed by atoms with E-state index in [-0.39, 0.29) is 19.5 Å². The van der Waals surface area contributed by atoms with Crippen LogP contribution in [0.5, 0.6) is 0 Å². The zero-order valence-electron chi connectivity index (χ0n) is 13.6. The number of alkyl halides is 2. The first kappa shape index (κ1) is 21.7.